The van der Waals surface area contributed by atoms with Crippen molar-refractivity contribution in [2.45, 2.75) is 12.2 Å². The normalized spacial score (nSPS) is 12.0. The molecular weight excluding hydrogens is 340 g/mol. The minimum absolute atomic E-state index is 0.150. The topological polar surface area (TPSA) is 96.5 Å². The average Bonchev–Trinajstić information content (AvgIpc) is 3.10. The molecule has 0 radical (unpaired) electrons. The van der Waals surface area contributed by atoms with Crippen LogP contribution in [0, 0.1) is 0 Å². The lowest BCUT2D eigenvalue weighted by molar-refractivity contribution is 0.0697. The fourth-order valence-electron chi connectivity index (χ4n) is 2.41. The van der Waals surface area contributed by atoms with Gasteiger partial charge in [0, 0.05) is 11.1 Å². The monoisotopic (exact) mass is 356 g/mol. The second-order valence-electron chi connectivity index (χ2n) is 5.23. The second-order valence-corrected chi connectivity index (χ2v) is 6.61. The smallest absolute Gasteiger partial charge is 0.335 e. The Morgan fingerprint density at radius 2 is 2.00 bits per heavy atom. The van der Waals surface area contributed by atoms with Gasteiger partial charge in [-0.05, 0) is 30.0 Å². The molecule has 1 aromatic heterocycles. The van der Waals surface area contributed by atoms with Crippen molar-refractivity contribution >= 4 is 17.7 Å². The molecule has 1 heterocycles. The van der Waals surface area contributed by atoms with E-state index in [9.17, 15) is 9.90 Å². The highest BCUT2D eigenvalue weighted by Crippen LogP contribution is 2.39. The molecule has 0 aliphatic heterocycles. The minimum atomic E-state index is -1.02. The number of carboxylic acids is 1. The van der Waals surface area contributed by atoms with E-state index < -0.39 is 5.97 Å². The minimum Gasteiger partial charge on any atom is -0.508 e. The van der Waals surface area contributed by atoms with Gasteiger partial charge in [0.1, 0.15) is 11.0 Å². The Kier molecular flexibility index (Phi) is 5.04. The molecule has 3 aromatic rings. The standard InChI is InChI=1S/C18H16N2O4S/c1-2-25-15(13-8-3-4-9-14(13)21)17-20-19-16(24-17)11-6-5-7-12(10-11)18(22)23/h3-10,15,21H,2H2,1H3,(H,22,23). The predicted molar refractivity (Wildman–Crippen MR) is 94.8 cm³/mol. The molecule has 0 saturated heterocycles. The van der Waals surface area contributed by atoms with E-state index >= 15 is 0 Å². The Bertz CT molecular complexity index is 894. The molecule has 7 heteroatoms. The van der Waals surface area contributed by atoms with E-state index in [4.69, 9.17) is 9.52 Å². The first-order chi connectivity index (χ1) is 12.1. The highest BCUT2D eigenvalue weighted by atomic mass is 32.2. The zero-order valence-electron chi connectivity index (χ0n) is 13.4. The third-order valence-electron chi connectivity index (χ3n) is 3.57. The number of rotatable bonds is 6. The van der Waals surface area contributed by atoms with Crippen LogP contribution in [0.25, 0.3) is 11.5 Å². The Balaban J connectivity index is 1.97. The van der Waals surface area contributed by atoms with Crippen LogP contribution in [0.3, 0.4) is 0 Å². The number of carbonyl (C=O) groups is 1. The number of aromatic nitrogens is 2. The molecule has 0 fully saturated rings. The van der Waals surface area contributed by atoms with Crippen LogP contribution < -0.4 is 0 Å². The summed E-state index contributed by atoms with van der Waals surface area (Å²) in [4.78, 5) is 11.1. The first kappa shape index (κ1) is 17.0. The lowest BCUT2D eigenvalue weighted by atomic mass is 10.1. The van der Waals surface area contributed by atoms with Gasteiger partial charge in [-0.15, -0.1) is 22.0 Å². The molecule has 1 atom stereocenters. The van der Waals surface area contributed by atoms with E-state index in [2.05, 4.69) is 10.2 Å². The van der Waals surface area contributed by atoms with Crippen molar-refractivity contribution in [2.75, 3.05) is 5.75 Å². The number of thioether (sulfide) groups is 1. The van der Waals surface area contributed by atoms with Gasteiger partial charge in [0.25, 0.3) is 0 Å². The summed E-state index contributed by atoms with van der Waals surface area (Å²) in [7, 11) is 0. The van der Waals surface area contributed by atoms with Crippen molar-refractivity contribution < 1.29 is 19.4 Å². The largest absolute Gasteiger partial charge is 0.508 e. The van der Waals surface area contributed by atoms with Crippen LogP contribution in [-0.2, 0) is 0 Å². The second kappa shape index (κ2) is 7.40. The summed E-state index contributed by atoms with van der Waals surface area (Å²) < 4.78 is 5.78. The third kappa shape index (κ3) is 3.66. The summed E-state index contributed by atoms with van der Waals surface area (Å²) in [5.74, 6) is 0.557. The van der Waals surface area contributed by atoms with Crippen LogP contribution in [0.15, 0.2) is 52.9 Å². The molecular formula is C18H16N2O4S. The van der Waals surface area contributed by atoms with Crippen molar-refractivity contribution in [3.63, 3.8) is 0 Å². The van der Waals surface area contributed by atoms with Gasteiger partial charge in [0.2, 0.25) is 11.8 Å². The number of phenolic OH excluding ortho intramolecular Hbond substituents is 1. The van der Waals surface area contributed by atoms with Crippen molar-refractivity contribution in [2.24, 2.45) is 0 Å². The highest BCUT2D eigenvalue weighted by Gasteiger charge is 2.24. The Morgan fingerprint density at radius 3 is 2.72 bits per heavy atom. The molecule has 0 spiro atoms. The molecule has 25 heavy (non-hydrogen) atoms. The maximum Gasteiger partial charge on any atom is 0.335 e. The molecule has 0 aliphatic carbocycles. The van der Waals surface area contributed by atoms with Crippen LogP contribution in [-0.4, -0.2) is 32.1 Å². The molecule has 3 rings (SSSR count). The van der Waals surface area contributed by atoms with E-state index in [0.717, 1.165) is 5.75 Å². The van der Waals surface area contributed by atoms with E-state index in [1.165, 1.54) is 12.1 Å². The van der Waals surface area contributed by atoms with Gasteiger partial charge in [0.15, 0.2) is 0 Å². The molecule has 0 bridgehead atoms. The van der Waals surface area contributed by atoms with Crippen LogP contribution in [0.5, 0.6) is 5.75 Å². The van der Waals surface area contributed by atoms with Gasteiger partial charge in [-0.1, -0.05) is 31.2 Å². The number of hydrogen-bond acceptors (Lipinski definition) is 6. The lowest BCUT2D eigenvalue weighted by Crippen LogP contribution is -1.98. The van der Waals surface area contributed by atoms with Crippen molar-refractivity contribution in [1.29, 1.82) is 0 Å². The summed E-state index contributed by atoms with van der Waals surface area (Å²) in [6, 6.07) is 13.4. The maximum atomic E-state index is 11.1. The van der Waals surface area contributed by atoms with E-state index in [-0.39, 0.29) is 22.5 Å². The van der Waals surface area contributed by atoms with Gasteiger partial charge in [-0.25, -0.2) is 4.79 Å². The summed E-state index contributed by atoms with van der Waals surface area (Å²) >= 11 is 1.56. The number of carboxylic acid groups (broad SMARTS) is 1. The first-order valence-corrected chi connectivity index (χ1v) is 8.71. The summed E-state index contributed by atoms with van der Waals surface area (Å²) in [6.45, 7) is 2.01. The van der Waals surface area contributed by atoms with Crippen LogP contribution in [0.1, 0.15) is 34.0 Å². The van der Waals surface area contributed by atoms with Crippen LogP contribution in [0.4, 0.5) is 0 Å². The maximum absolute atomic E-state index is 11.1. The fraction of sp³-hybridized carbons (Fsp3) is 0.167. The molecule has 2 N–H and O–H groups in total. The van der Waals surface area contributed by atoms with Crippen molar-refractivity contribution in [1.82, 2.24) is 10.2 Å². The highest BCUT2D eigenvalue weighted by molar-refractivity contribution is 7.99. The molecule has 6 nitrogen and oxygen atoms in total. The van der Waals surface area contributed by atoms with Gasteiger partial charge in [0.05, 0.1) is 5.56 Å². The summed E-state index contributed by atoms with van der Waals surface area (Å²) in [6.07, 6.45) is 0. The summed E-state index contributed by atoms with van der Waals surface area (Å²) in [5, 5.41) is 27.1. The molecule has 128 valence electrons. The SMILES string of the molecule is CCSC(c1nnc(-c2cccc(C(=O)O)c2)o1)c1ccccc1O. The zero-order valence-corrected chi connectivity index (χ0v) is 14.2. The van der Waals surface area contributed by atoms with E-state index in [1.54, 1.807) is 36.0 Å². The molecule has 0 saturated carbocycles. The van der Waals surface area contributed by atoms with Crippen molar-refractivity contribution in [3.05, 3.63) is 65.5 Å². The number of phenols is 1. The lowest BCUT2D eigenvalue weighted by Gasteiger charge is -2.13. The van der Waals surface area contributed by atoms with Crippen molar-refractivity contribution in [3.8, 4) is 17.2 Å². The van der Waals surface area contributed by atoms with Crippen LogP contribution >= 0.6 is 11.8 Å². The Hall–Kier alpha value is -2.80. The van der Waals surface area contributed by atoms with Gasteiger partial charge in [-0.3, -0.25) is 0 Å². The molecule has 2 aromatic carbocycles. The number of benzene rings is 2. The van der Waals surface area contributed by atoms with Gasteiger partial charge < -0.3 is 14.6 Å². The number of aromatic hydroxyl groups is 1. The Morgan fingerprint density at radius 1 is 1.20 bits per heavy atom. The van der Waals surface area contributed by atoms with E-state index in [0.29, 0.717) is 17.0 Å². The first-order valence-electron chi connectivity index (χ1n) is 7.66. The zero-order chi connectivity index (χ0) is 17.8. The molecule has 1 unspecified atom stereocenters. The van der Waals surface area contributed by atoms with Gasteiger partial charge >= 0.3 is 5.97 Å². The Labute approximate surface area is 148 Å². The summed E-state index contributed by atoms with van der Waals surface area (Å²) in [5.41, 5.74) is 1.39. The number of aromatic carboxylic acids is 1. The quantitative estimate of drug-likeness (QED) is 0.689. The molecule has 0 aliphatic rings. The predicted octanol–water partition coefficient (Wildman–Crippen LogP) is 3.98. The average molecular weight is 356 g/mol. The molecule has 0 amide bonds. The third-order valence-corrected chi connectivity index (χ3v) is 4.70. The number of hydrogen-bond donors (Lipinski definition) is 2. The van der Waals surface area contributed by atoms with Gasteiger partial charge in [-0.2, -0.15) is 0 Å². The fourth-order valence-corrected chi connectivity index (χ4v) is 3.36. The van der Waals surface area contributed by atoms with E-state index in [1.807, 2.05) is 19.1 Å². The number of para-hydroxylation sites is 1. The van der Waals surface area contributed by atoms with Crippen LogP contribution in [0.2, 0.25) is 0 Å². The number of nitrogens with zero attached hydrogens (tertiary/aromatic N) is 2.